The lowest BCUT2D eigenvalue weighted by atomic mass is 9.78. The van der Waals surface area contributed by atoms with Crippen LogP contribution in [0, 0.1) is 0 Å². The molecule has 0 aliphatic carbocycles. The van der Waals surface area contributed by atoms with Crippen LogP contribution in [0.2, 0.25) is 0 Å². The van der Waals surface area contributed by atoms with E-state index in [0.717, 1.165) is 24.0 Å². The first kappa shape index (κ1) is 31.6. The minimum Gasteiger partial charge on any atom is -0.491 e. The van der Waals surface area contributed by atoms with Crippen LogP contribution in [0.5, 0.6) is 11.5 Å². The molecule has 0 aromatic heterocycles. The third-order valence-electron chi connectivity index (χ3n) is 5.85. The standard InChI is InChI=1S/C31H40O8/c1-5-7-9-29(34)38-21-25(32)19-36-27-15-11-23(12-16-27)31(3,4)24-13-17-28(18-14-24)37-20-26(33)22-39-30(35)10-8-6-2/h7-18,25-26,32-33H,5-6,19-22H2,1-4H3. The number of allylic oxidation sites excluding steroid dienone is 2. The van der Waals surface area contributed by atoms with Crippen LogP contribution in [-0.2, 0) is 24.5 Å². The smallest absolute Gasteiger partial charge is 0.330 e. The van der Waals surface area contributed by atoms with E-state index in [4.69, 9.17) is 18.9 Å². The van der Waals surface area contributed by atoms with Crippen LogP contribution in [0.25, 0.3) is 0 Å². The number of hydrogen-bond donors (Lipinski definition) is 2. The van der Waals surface area contributed by atoms with Gasteiger partial charge in [0, 0.05) is 17.6 Å². The lowest BCUT2D eigenvalue weighted by Gasteiger charge is -2.26. The van der Waals surface area contributed by atoms with Gasteiger partial charge in [-0.2, -0.15) is 0 Å². The molecule has 2 unspecified atom stereocenters. The zero-order chi connectivity index (χ0) is 28.7. The van der Waals surface area contributed by atoms with E-state index >= 15 is 0 Å². The van der Waals surface area contributed by atoms with Gasteiger partial charge >= 0.3 is 11.9 Å². The van der Waals surface area contributed by atoms with Gasteiger partial charge in [-0.25, -0.2) is 9.59 Å². The number of ether oxygens (including phenoxy) is 4. The molecule has 212 valence electrons. The first-order valence-corrected chi connectivity index (χ1v) is 13.1. The Morgan fingerprint density at radius 2 is 1.05 bits per heavy atom. The second kappa shape index (κ2) is 16.4. The fraction of sp³-hybridized carbons (Fsp3) is 0.419. The van der Waals surface area contributed by atoms with Gasteiger partial charge in [-0.15, -0.1) is 0 Å². The van der Waals surface area contributed by atoms with Crippen molar-refractivity contribution < 1.29 is 38.7 Å². The highest BCUT2D eigenvalue weighted by Crippen LogP contribution is 2.33. The molecule has 39 heavy (non-hydrogen) atoms. The van der Waals surface area contributed by atoms with Crippen LogP contribution in [0.4, 0.5) is 0 Å². The topological polar surface area (TPSA) is 112 Å². The predicted octanol–water partition coefficient (Wildman–Crippen LogP) is 4.51. The van der Waals surface area contributed by atoms with E-state index in [-0.39, 0.29) is 31.8 Å². The summed E-state index contributed by atoms with van der Waals surface area (Å²) in [6.07, 6.45) is 5.67. The van der Waals surface area contributed by atoms with Crippen LogP contribution in [0.3, 0.4) is 0 Å². The molecule has 8 heteroatoms. The van der Waals surface area contributed by atoms with Crippen LogP contribution >= 0.6 is 0 Å². The van der Waals surface area contributed by atoms with E-state index in [1.54, 1.807) is 12.2 Å². The first-order chi connectivity index (χ1) is 18.6. The summed E-state index contributed by atoms with van der Waals surface area (Å²) >= 11 is 0. The Morgan fingerprint density at radius 1 is 0.692 bits per heavy atom. The molecule has 0 aliphatic rings. The summed E-state index contributed by atoms with van der Waals surface area (Å²) in [5.41, 5.74) is 1.82. The molecule has 0 fully saturated rings. The van der Waals surface area contributed by atoms with Gasteiger partial charge in [0.25, 0.3) is 0 Å². The second-order valence-corrected chi connectivity index (χ2v) is 9.48. The first-order valence-electron chi connectivity index (χ1n) is 13.1. The number of hydrogen-bond acceptors (Lipinski definition) is 8. The zero-order valence-electron chi connectivity index (χ0n) is 23.2. The summed E-state index contributed by atoms with van der Waals surface area (Å²) in [4.78, 5) is 23.0. The molecular formula is C31H40O8. The maximum Gasteiger partial charge on any atom is 0.330 e. The maximum atomic E-state index is 11.5. The number of aliphatic hydroxyl groups excluding tert-OH is 2. The Kier molecular flexibility index (Phi) is 13.3. The molecule has 0 saturated heterocycles. The number of benzene rings is 2. The number of carbonyl (C=O) groups excluding carboxylic acids is 2. The number of aliphatic hydroxyl groups is 2. The van der Waals surface area contributed by atoms with Gasteiger partial charge in [0.15, 0.2) is 0 Å². The number of carbonyl (C=O) groups is 2. The van der Waals surface area contributed by atoms with Crippen molar-refractivity contribution >= 4 is 11.9 Å². The molecule has 0 amide bonds. The molecule has 0 bridgehead atoms. The molecule has 2 N–H and O–H groups in total. The monoisotopic (exact) mass is 540 g/mol. The van der Waals surface area contributed by atoms with Gasteiger partial charge in [-0.1, -0.05) is 64.1 Å². The average Bonchev–Trinajstić information content (AvgIpc) is 2.95. The molecule has 0 saturated carbocycles. The van der Waals surface area contributed by atoms with Crippen molar-refractivity contribution in [2.24, 2.45) is 0 Å². The van der Waals surface area contributed by atoms with E-state index in [0.29, 0.717) is 11.5 Å². The maximum absolute atomic E-state index is 11.5. The van der Waals surface area contributed by atoms with Crippen molar-refractivity contribution in [3.8, 4) is 11.5 Å². The number of rotatable bonds is 16. The SMILES string of the molecule is CCC=CC(=O)OCC(O)COc1ccc(C(C)(C)c2ccc(OCC(O)COC(=O)C=CCC)cc2)cc1. The van der Waals surface area contributed by atoms with E-state index in [9.17, 15) is 19.8 Å². The predicted molar refractivity (Wildman–Crippen MR) is 149 cm³/mol. The fourth-order valence-corrected chi connectivity index (χ4v) is 3.46. The van der Waals surface area contributed by atoms with Crippen LogP contribution < -0.4 is 9.47 Å². The summed E-state index contributed by atoms with van der Waals surface area (Å²) in [5.74, 6) is 0.219. The number of esters is 2. The van der Waals surface area contributed by atoms with Gasteiger partial charge in [-0.05, 0) is 48.2 Å². The second-order valence-electron chi connectivity index (χ2n) is 9.48. The minimum atomic E-state index is -0.931. The molecule has 8 nitrogen and oxygen atoms in total. The van der Waals surface area contributed by atoms with Crippen LogP contribution in [0.15, 0.2) is 72.8 Å². The summed E-state index contributed by atoms with van der Waals surface area (Å²) in [6, 6.07) is 15.2. The van der Waals surface area contributed by atoms with E-state index in [1.165, 1.54) is 12.2 Å². The van der Waals surface area contributed by atoms with Gasteiger partial charge in [0.2, 0.25) is 0 Å². The summed E-state index contributed by atoms with van der Waals surface area (Å²) in [7, 11) is 0. The molecule has 0 heterocycles. The fourth-order valence-electron chi connectivity index (χ4n) is 3.46. The lowest BCUT2D eigenvalue weighted by molar-refractivity contribution is -0.142. The molecule has 0 radical (unpaired) electrons. The van der Waals surface area contributed by atoms with Gasteiger partial charge in [0.1, 0.15) is 50.1 Å². The van der Waals surface area contributed by atoms with Crippen molar-refractivity contribution in [1.29, 1.82) is 0 Å². The van der Waals surface area contributed by atoms with Crippen LogP contribution in [-0.4, -0.2) is 60.8 Å². The van der Waals surface area contributed by atoms with Crippen LogP contribution in [0.1, 0.15) is 51.7 Å². The van der Waals surface area contributed by atoms with E-state index < -0.39 is 24.1 Å². The van der Waals surface area contributed by atoms with Crippen molar-refractivity contribution in [3.05, 3.63) is 84.0 Å². The van der Waals surface area contributed by atoms with Gasteiger partial charge in [-0.3, -0.25) is 0 Å². The Bertz CT molecular complexity index is 985. The molecule has 2 atom stereocenters. The molecule has 2 aromatic rings. The average molecular weight is 541 g/mol. The highest BCUT2D eigenvalue weighted by atomic mass is 16.6. The summed E-state index contributed by atoms with van der Waals surface area (Å²) in [5, 5.41) is 20.0. The molecular weight excluding hydrogens is 500 g/mol. The third-order valence-corrected chi connectivity index (χ3v) is 5.85. The molecule has 0 spiro atoms. The Hall–Kier alpha value is -3.62. The minimum absolute atomic E-state index is 0.00199. The Balaban J connectivity index is 1.84. The van der Waals surface area contributed by atoms with Gasteiger partial charge in [0.05, 0.1) is 0 Å². The van der Waals surface area contributed by atoms with Crippen molar-refractivity contribution in [3.63, 3.8) is 0 Å². The molecule has 2 aromatic carbocycles. The van der Waals surface area contributed by atoms with Crippen molar-refractivity contribution in [1.82, 2.24) is 0 Å². The third kappa shape index (κ3) is 11.3. The van der Waals surface area contributed by atoms with Crippen molar-refractivity contribution in [2.75, 3.05) is 26.4 Å². The van der Waals surface area contributed by atoms with E-state index in [1.807, 2.05) is 62.4 Å². The van der Waals surface area contributed by atoms with Crippen molar-refractivity contribution in [2.45, 2.75) is 58.2 Å². The lowest BCUT2D eigenvalue weighted by Crippen LogP contribution is -2.25. The molecule has 0 aliphatic heterocycles. The largest absolute Gasteiger partial charge is 0.491 e. The Morgan fingerprint density at radius 3 is 1.38 bits per heavy atom. The quantitative estimate of drug-likeness (QED) is 0.236. The summed E-state index contributed by atoms with van der Waals surface area (Å²) in [6.45, 7) is 7.77. The zero-order valence-corrected chi connectivity index (χ0v) is 23.2. The Labute approximate surface area is 230 Å². The molecule has 2 rings (SSSR count). The van der Waals surface area contributed by atoms with E-state index in [2.05, 4.69) is 13.8 Å². The van der Waals surface area contributed by atoms with Gasteiger partial charge < -0.3 is 29.2 Å². The highest BCUT2D eigenvalue weighted by Gasteiger charge is 2.23. The normalized spacial score (nSPS) is 13.3. The highest BCUT2D eigenvalue weighted by molar-refractivity contribution is 5.82. The summed E-state index contributed by atoms with van der Waals surface area (Å²) < 4.78 is 21.2.